The average molecular weight is 282 g/mol. The molecule has 1 saturated carbocycles. The number of carbonyl (C=O) groups is 1. The van der Waals surface area contributed by atoms with E-state index in [0.29, 0.717) is 17.2 Å². The van der Waals surface area contributed by atoms with Gasteiger partial charge in [0.25, 0.3) is 5.91 Å². The molecular weight excluding hydrogens is 262 g/mol. The maximum Gasteiger partial charge on any atom is 0.253 e. The molecule has 2 unspecified atom stereocenters. The van der Waals surface area contributed by atoms with Crippen LogP contribution >= 0.6 is 11.6 Å². The Hall–Kier alpha value is -1.29. The maximum absolute atomic E-state index is 12.3. The van der Waals surface area contributed by atoms with Crippen molar-refractivity contribution in [3.05, 3.63) is 23.0 Å². The molecule has 1 aliphatic rings. The third-order valence-electron chi connectivity index (χ3n) is 3.90. The Morgan fingerprint density at radius 1 is 1.53 bits per heavy atom. The molecule has 2 rings (SSSR count). The van der Waals surface area contributed by atoms with E-state index in [1.54, 1.807) is 0 Å². The maximum atomic E-state index is 12.3. The van der Waals surface area contributed by atoms with Gasteiger partial charge in [0.15, 0.2) is 0 Å². The molecule has 1 aliphatic carbocycles. The molecule has 19 heavy (non-hydrogen) atoms. The average Bonchev–Trinajstić information content (AvgIpc) is 2.42. The Morgan fingerprint density at radius 3 is 3.00 bits per heavy atom. The molecule has 4 nitrogen and oxygen atoms in total. The summed E-state index contributed by atoms with van der Waals surface area (Å²) < 4.78 is 0. The van der Waals surface area contributed by atoms with E-state index < -0.39 is 0 Å². The molecule has 0 aliphatic heterocycles. The molecule has 1 fully saturated rings. The highest BCUT2D eigenvalue weighted by Gasteiger charge is 2.25. The van der Waals surface area contributed by atoms with Gasteiger partial charge in [-0.1, -0.05) is 37.8 Å². The van der Waals surface area contributed by atoms with Gasteiger partial charge in [-0.2, -0.15) is 0 Å². The van der Waals surface area contributed by atoms with Crippen LogP contribution in [0.15, 0.2) is 12.3 Å². The Kier molecular flexibility index (Phi) is 4.64. The number of hydrogen-bond acceptors (Lipinski definition) is 3. The minimum absolute atomic E-state index is 0.146. The summed E-state index contributed by atoms with van der Waals surface area (Å²) in [5, 5.41) is 3.39. The number of hydrogen-bond donors (Lipinski definition) is 2. The van der Waals surface area contributed by atoms with E-state index >= 15 is 0 Å². The van der Waals surface area contributed by atoms with Crippen LogP contribution in [0.4, 0.5) is 5.69 Å². The molecule has 0 spiro atoms. The van der Waals surface area contributed by atoms with Crippen molar-refractivity contribution >= 4 is 23.2 Å². The van der Waals surface area contributed by atoms with E-state index in [4.69, 9.17) is 17.3 Å². The lowest BCUT2D eigenvalue weighted by atomic mass is 9.83. The number of nitrogens with zero attached hydrogens (tertiary/aromatic N) is 1. The van der Waals surface area contributed by atoms with Crippen molar-refractivity contribution in [1.82, 2.24) is 10.3 Å². The molecule has 3 N–H and O–H groups in total. The van der Waals surface area contributed by atoms with Crippen molar-refractivity contribution in [3.8, 4) is 0 Å². The molecule has 5 heteroatoms. The Bertz CT molecular complexity index is 464. The van der Waals surface area contributed by atoms with Crippen molar-refractivity contribution in [1.29, 1.82) is 0 Å². The number of anilines is 1. The highest BCUT2D eigenvalue weighted by Crippen LogP contribution is 2.27. The van der Waals surface area contributed by atoms with Gasteiger partial charge in [-0.15, -0.1) is 0 Å². The molecule has 1 aromatic heterocycles. The van der Waals surface area contributed by atoms with Crippen LogP contribution in [0, 0.1) is 5.92 Å². The number of halogens is 1. The first-order valence-electron chi connectivity index (χ1n) is 6.83. The van der Waals surface area contributed by atoms with E-state index in [9.17, 15) is 4.79 Å². The molecule has 1 aromatic rings. The number of nitrogens with one attached hydrogen (secondary N) is 1. The zero-order chi connectivity index (χ0) is 13.8. The standard InChI is InChI=1S/C14H20ClN3O/c1-2-9-5-3-4-6-12(9)18-14(19)10-7-13(15)17-8-11(10)16/h7-9,12H,2-6,16H2,1H3,(H,18,19). The van der Waals surface area contributed by atoms with Crippen molar-refractivity contribution in [2.45, 2.75) is 45.1 Å². The van der Waals surface area contributed by atoms with E-state index in [0.717, 1.165) is 12.8 Å². The van der Waals surface area contributed by atoms with Gasteiger partial charge < -0.3 is 11.1 Å². The second-order valence-corrected chi connectivity index (χ2v) is 5.51. The van der Waals surface area contributed by atoms with E-state index in [1.807, 2.05) is 0 Å². The van der Waals surface area contributed by atoms with Crippen LogP contribution in [0.2, 0.25) is 5.15 Å². The van der Waals surface area contributed by atoms with Gasteiger partial charge >= 0.3 is 0 Å². The lowest BCUT2D eigenvalue weighted by molar-refractivity contribution is 0.0905. The number of pyridine rings is 1. The van der Waals surface area contributed by atoms with Gasteiger partial charge in [0.1, 0.15) is 5.15 Å². The number of carbonyl (C=O) groups excluding carboxylic acids is 1. The third-order valence-corrected chi connectivity index (χ3v) is 4.10. The topological polar surface area (TPSA) is 68.0 Å². The van der Waals surface area contributed by atoms with Crippen LogP contribution in [0.25, 0.3) is 0 Å². The fraction of sp³-hybridized carbons (Fsp3) is 0.571. The summed E-state index contributed by atoms with van der Waals surface area (Å²) >= 11 is 5.81. The first kappa shape index (κ1) is 14.1. The van der Waals surface area contributed by atoms with Crippen LogP contribution in [0.1, 0.15) is 49.4 Å². The van der Waals surface area contributed by atoms with Gasteiger partial charge in [-0.05, 0) is 24.8 Å². The Morgan fingerprint density at radius 2 is 2.26 bits per heavy atom. The van der Waals surface area contributed by atoms with E-state index in [-0.39, 0.29) is 17.1 Å². The molecule has 0 bridgehead atoms. The molecule has 1 amide bonds. The summed E-state index contributed by atoms with van der Waals surface area (Å²) in [7, 11) is 0. The van der Waals surface area contributed by atoms with E-state index in [2.05, 4.69) is 17.2 Å². The summed E-state index contributed by atoms with van der Waals surface area (Å²) in [6.07, 6.45) is 7.19. The Labute approximate surface area is 118 Å². The molecule has 0 saturated heterocycles. The van der Waals surface area contributed by atoms with Gasteiger partial charge in [-0.25, -0.2) is 4.98 Å². The molecule has 2 atom stereocenters. The number of nitrogens with two attached hydrogens (primary N) is 1. The highest BCUT2D eigenvalue weighted by molar-refractivity contribution is 6.29. The summed E-state index contributed by atoms with van der Waals surface area (Å²) in [4.78, 5) is 16.1. The lowest BCUT2D eigenvalue weighted by Gasteiger charge is -2.31. The fourth-order valence-electron chi connectivity index (χ4n) is 2.77. The van der Waals surface area contributed by atoms with Crippen molar-refractivity contribution < 1.29 is 4.79 Å². The van der Waals surface area contributed by atoms with Crippen LogP contribution < -0.4 is 11.1 Å². The van der Waals surface area contributed by atoms with Crippen molar-refractivity contribution in [2.75, 3.05) is 5.73 Å². The smallest absolute Gasteiger partial charge is 0.253 e. The lowest BCUT2D eigenvalue weighted by Crippen LogP contribution is -2.42. The SMILES string of the molecule is CCC1CCCCC1NC(=O)c1cc(Cl)ncc1N. The summed E-state index contributed by atoms with van der Waals surface area (Å²) in [6.45, 7) is 2.17. The molecule has 0 radical (unpaired) electrons. The predicted octanol–water partition coefficient (Wildman–Crippen LogP) is 3.02. The van der Waals surface area contributed by atoms with Gasteiger partial charge in [0.2, 0.25) is 0 Å². The predicted molar refractivity (Wildman–Crippen MR) is 77.2 cm³/mol. The minimum atomic E-state index is -0.146. The van der Waals surface area contributed by atoms with Crippen LogP contribution in [-0.2, 0) is 0 Å². The second kappa shape index (κ2) is 6.24. The third kappa shape index (κ3) is 3.38. The Balaban J connectivity index is 2.09. The van der Waals surface area contributed by atoms with Crippen molar-refractivity contribution in [3.63, 3.8) is 0 Å². The van der Waals surface area contributed by atoms with Gasteiger partial charge in [0.05, 0.1) is 17.4 Å². The van der Waals surface area contributed by atoms with Crippen molar-refractivity contribution in [2.24, 2.45) is 5.92 Å². The quantitative estimate of drug-likeness (QED) is 0.837. The van der Waals surface area contributed by atoms with Crippen LogP contribution in [0.3, 0.4) is 0 Å². The summed E-state index contributed by atoms with van der Waals surface area (Å²) in [6, 6.07) is 1.77. The largest absolute Gasteiger partial charge is 0.397 e. The second-order valence-electron chi connectivity index (χ2n) is 5.13. The molecule has 0 aromatic carbocycles. The highest BCUT2D eigenvalue weighted by atomic mass is 35.5. The van der Waals surface area contributed by atoms with Crippen LogP contribution in [0.5, 0.6) is 0 Å². The molecule has 104 valence electrons. The van der Waals surface area contributed by atoms with Crippen LogP contribution in [-0.4, -0.2) is 16.9 Å². The first-order valence-corrected chi connectivity index (χ1v) is 7.21. The molecular formula is C14H20ClN3O. The monoisotopic (exact) mass is 281 g/mol. The number of rotatable bonds is 3. The normalized spacial score (nSPS) is 23.1. The molecule has 1 heterocycles. The number of nitrogen functional groups attached to an aromatic ring is 1. The number of aromatic nitrogens is 1. The van der Waals surface area contributed by atoms with Gasteiger partial charge in [-0.3, -0.25) is 4.79 Å². The number of amides is 1. The minimum Gasteiger partial charge on any atom is -0.397 e. The summed E-state index contributed by atoms with van der Waals surface area (Å²) in [5.41, 5.74) is 6.56. The van der Waals surface area contributed by atoms with Gasteiger partial charge in [0, 0.05) is 6.04 Å². The first-order chi connectivity index (χ1) is 9.11. The fourth-order valence-corrected chi connectivity index (χ4v) is 2.93. The summed E-state index contributed by atoms with van der Waals surface area (Å²) in [5.74, 6) is 0.420. The zero-order valence-electron chi connectivity index (χ0n) is 11.2. The zero-order valence-corrected chi connectivity index (χ0v) is 11.9. The van der Waals surface area contributed by atoms with E-state index in [1.165, 1.54) is 31.5 Å².